The fraction of sp³-hybridized carbons (Fsp3) is 0.107. The number of carbonyl (C=O) groups is 2. The zero-order chi connectivity index (χ0) is 25.2. The third-order valence-corrected chi connectivity index (χ3v) is 6.15. The van der Waals surface area contributed by atoms with Crippen LogP contribution in [0.25, 0.3) is 33.3 Å². The molecule has 8 heteroatoms. The second-order valence-electron chi connectivity index (χ2n) is 8.12. The molecule has 0 unspecified atom stereocenters. The van der Waals surface area contributed by atoms with Crippen LogP contribution in [0, 0.1) is 6.92 Å². The summed E-state index contributed by atoms with van der Waals surface area (Å²) < 4.78 is 16.6. The Balaban J connectivity index is 1.41. The number of hydrogen-bond acceptors (Lipinski definition) is 6. The number of oxazole rings is 1. The van der Waals surface area contributed by atoms with E-state index in [0.29, 0.717) is 50.0 Å². The Labute approximate surface area is 211 Å². The molecule has 180 valence electrons. The van der Waals surface area contributed by atoms with E-state index in [-0.39, 0.29) is 0 Å². The molecule has 7 nitrogen and oxygen atoms in total. The van der Waals surface area contributed by atoms with Gasteiger partial charge in [-0.2, -0.15) is 0 Å². The normalized spacial score (nSPS) is 11.0. The van der Waals surface area contributed by atoms with Crippen LogP contribution in [-0.4, -0.2) is 30.6 Å². The molecular formula is C28H21ClN2O5. The van der Waals surface area contributed by atoms with Crippen molar-refractivity contribution in [2.24, 2.45) is 0 Å². The van der Waals surface area contributed by atoms with E-state index in [0.717, 1.165) is 10.9 Å². The summed E-state index contributed by atoms with van der Waals surface area (Å²) in [6.07, 6.45) is 0. The fourth-order valence-electron chi connectivity index (χ4n) is 4.00. The van der Waals surface area contributed by atoms with Crippen molar-refractivity contribution in [3.63, 3.8) is 0 Å². The Morgan fingerprint density at radius 1 is 1.03 bits per heavy atom. The van der Waals surface area contributed by atoms with E-state index in [4.69, 9.17) is 25.5 Å². The van der Waals surface area contributed by atoms with Gasteiger partial charge in [-0.1, -0.05) is 48.0 Å². The van der Waals surface area contributed by atoms with Gasteiger partial charge in [-0.15, -0.1) is 0 Å². The predicted molar refractivity (Wildman–Crippen MR) is 139 cm³/mol. The van der Waals surface area contributed by atoms with Crippen molar-refractivity contribution in [3.8, 4) is 17.2 Å². The van der Waals surface area contributed by atoms with Gasteiger partial charge in [0, 0.05) is 22.0 Å². The summed E-state index contributed by atoms with van der Waals surface area (Å²) >= 11 is 6.13. The van der Waals surface area contributed by atoms with Crippen molar-refractivity contribution >= 4 is 51.0 Å². The number of ether oxygens (including phenoxy) is 2. The highest BCUT2D eigenvalue weighted by molar-refractivity contribution is 6.31. The average molecular weight is 501 g/mol. The molecule has 0 aliphatic carbocycles. The molecule has 5 aromatic rings. The lowest BCUT2D eigenvalue weighted by atomic mass is 9.99. The minimum atomic E-state index is -0.640. The Morgan fingerprint density at radius 2 is 1.81 bits per heavy atom. The lowest BCUT2D eigenvalue weighted by Gasteiger charge is -2.13. The molecule has 0 spiro atoms. The number of nitrogens with zero attached hydrogens (tertiary/aromatic N) is 1. The number of amides is 1. The van der Waals surface area contributed by atoms with Crippen molar-refractivity contribution in [1.82, 2.24) is 4.98 Å². The molecule has 1 aromatic heterocycles. The van der Waals surface area contributed by atoms with Crippen molar-refractivity contribution < 1.29 is 23.5 Å². The number of halogens is 1. The maximum atomic E-state index is 13.1. The molecule has 0 bridgehead atoms. The minimum Gasteiger partial charge on any atom is -0.495 e. The molecule has 4 aromatic carbocycles. The molecule has 0 atom stereocenters. The SMILES string of the molecule is COc1cc(Cl)c(C)cc1NC(=O)COC(=O)c1cccc2cccc(-c3nc4ccccc4o3)c12. The molecule has 0 saturated carbocycles. The zero-order valence-corrected chi connectivity index (χ0v) is 20.3. The summed E-state index contributed by atoms with van der Waals surface area (Å²) in [6, 6.07) is 21.7. The van der Waals surface area contributed by atoms with E-state index in [1.807, 2.05) is 55.5 Å². The maximum absolute atomic E-state index is 13.1. The van der Waals surface area contributed by atoms with Crippen LogP contribution in [0.5, 0.6) is 5.75 Å². The number of fused-ring (bicyclic) bond motifs is 2. The molecule has 0 saturated heterocycles. The first kappa shape index (κ1) is 23.4. The highest BCUT2D eigenvalue weighted by atomic mass is 35.5. The molecular weight excluding hydrogens is 480 g/mol. The summed E-state index contributed by atoms with van der Waals surface area (Å²) in [5.74, 6) is -0.353. The summed E-state index contributed by atoms with van der Waals surface area (Å²) in [5, 5.41) is 4.66. The van der Waals surface area contributed by atoms with Gasteiger partial charge >= 0.3 is 5.97 Å². The van der Waals surface area contributed by atoms with E-state index in [2.05, 4.69) is 10.3 Å². The summed E-state index contributed by atoms with van der Waals surface area (Å²) in [4.78, 5) is 30.2. The van der Waals surface area contributed by atoms with Gasteiger partial charge in [-0.25, -0.2) is 9.78 Å². The summed E-state index contributed by atoms with van der Waals surface area (Å²) in [5.41, 5.74) is 3.53. The number of benzene rings is 4. The number of aryl methyl sites for hydroxylation is 1. The number of carbonyl (C=O) groups excluding carboxylic acids is 2. The van der Waals surface area contributed by atoms with Crippen LogP contribution in [0.4, 0.5) is 5.69 Å². The number of esters is 1. The Morgan fingerprint density at radius 3 is 2.58 bits per heavy atom. The lowest BCUT2D eigenvalue weighted by molar-refractivity contribution is -0.119. The first-order valence-corrected chi connectivity index (χ1v) is 11.5. The van der Waals surface area contributed by atoms with E-state index in [9.17, 15) is 9.59 Å². The number of anilines is 1. The van der Waals surface area contributed by atoms with Crippen LogP contribution in [0.2, 0.25) is 5.02 Å². The number of para-hydroxylation sites is 2. The third-order valence-electron chi connectivity index (χ3n) is 5.74. The van der Waals surface area contributed by atoms with Gasteiger partial charge in [0.05, 0.1) is 18.4 Å². The first-order valence-electron chi connectivity index (χ1n) is 11.1. The summed E-state index contributed by atoms with van der Waals surface area (Å²) in [7, 11) is 1.48. The molecule has 5 rings (SSSR count). The Bertz CT molecular complexity index is 1590. The third kappa shape index (κ3) is 4.48. The first-order chi connectivity index (χ1) is 17.4. The van der Waals surface area contributed by atoms with Crippen molar-refractivity contribution in [2.45, 2.75) is 6.92 Å². The maximum Gasteiger partial charge on any atom is 0.339 e. The van der Waals surface area contributed by atoms with Crippen LogP contribution in [0.15, 0.2) is 77.2 Å². The van der Waals surface area contributed by atoms with Gasteiger partial charge in [-0.3, -0.25) is 4.79 Å². The number of hydrogen-bond donors (Lipinski definition) is 1. The van der Waals surface area contributed by atoms with Gasteiger partial charge in [0.2, 0.25) is 5.89 Å². The monoisotopic (exact) mass is 500 g/mol. The highest BCUT2D eigenvalue weighted by Gasteiger charge is 2.19. The molecule has 0 aliphatic rings. The Kier molecular flexibility index (Phi) is 6.31. The molecule has 1 heterocycles. The van der Waals surface area contributed by atoms with Crippen LogP contribution in [-0.2, 0) is 9.53 Å². The average Bonchev–Trinajstić information content (AvgIpc) is 3.32. The predicted octanol–water partition coefficient (Wildman–Crippen LogP) is 6.41. The minimum absolute atomic E-state index is 0.304. The number of aromatic nitrogens is 1. The number of methoxy groups -OCH3 is 1. The standard InChI is InChI=1S/C28H21ClN2O5/c1-16-13-22(24(34-2)14-20(16)29)30-25(32)15-35-28(33)19-10-6-8-17-7-5-9-18(26(17)19)27-31-21-11-3-4-12-23(21)36-27/h3-14H,15H2,1-2H3,(H,30,32). The second-order valence-corrected chi connectivity index (χ2v) is 8.53. The molecule has 0 fully saturated rings. The largest absolute Gasteiger partial charge is 0.495 e. The van der Waals surface area contributed by atoms with Gasteiger partial charge in [-0.05, 0) is 48.2 Å². The van der Waals surface area contributed by atoms with Gasteiger partial charge < -0.3 is 19.2 Å². The highest BCUT2D eigenvalue weighted by Crippen LogP contribution is 2.33. The van der Waals surface area contributed by atoms with E-state index in [1.54, 1.807) is 24.3 Å². The van der Waals surface area contributed by atoms with Gasteiger partial charge in [0.1, 0.15) is 11.3 Å². The quantitative estimate of drug-likeness (QED) is 0.271. The molecule has 36 heavy (non-hydrogen) atoms. The zero-order valence-electron chi connectivity index (χ0n) is 19.5. The lowest BCUT2D eigenvalue weighted by Crippen LogP contribution is -2.21. The van der Waals surface area contributed by atoms with Crippen molar-refractivity contribution in [3.05, 3.63) is 88.9 Å². The van der Waals surface area contributed by atoms with Crippen molar-refractivity contribution in [1.29, 1.82) is 0 Å². The van der Waals surface area contributed by atoms with Gasteiger partial charge in [0.25, 0.3) is 5.91 Å². The fourth-order valence-corrected chi connectivity index (χ4v) is 4.16. The van der Waals surface area contributed by atoms with Crippen LogP contribution in [0.3, 0.4) is 0 Å². The number of rotatable bonds is 6. The van der Waals surface area contributed by atoms with E-state index in [1.165, 1.54) is 7.11 Å². The van der Waals surface area contributed by atoms with E-state index < -0.39 is 18.5 Å². The molecule has 1 amide bonds. The summed E-state index contributed by atoms with van der Waals surface area (Å²) in [6.45, 7) is 1.33. The molecule has 1 N–H and O–H groups in total. The van der Waals surface area contributed by atoms with Crippen LogP contribution < -0.4 is 10.1 Å². The topological polar surface area (TPSA) is 90.7 Å². The Hall–Kier alpha value is -4.36. The van der Waals surface area contributed by atoms with Crippen molar-refractivity contribution in [2.75, 3.05) is 19.0 Å². The van der Waals surface area contributed by atoms with Gasteiger partial charge in [0.15, 0.2) is 12.2 Å². The number of nitrogens with one attached hydrogen (secondary N) is 1. The smallest absolute Gasteiger partial charge is 0.339 e. The second kappa shape index (κ2) is 9.71. The van der Waals surface area contributed by atoms with Crippen LogP contribution in [0.1, 0.15) is 15.9 Å². The molecule has 0 aliphatic heterocycles. The molecule has 0 radical (unpaired) electrons. The van der Waals surface area contributed by atoms with Crippen LogP contribution >= 0.6 is 11.6 Å². The van der Waals surface area contributed by atoms with E-state index >= 15 is 0 Å².